The van der Waals surface area contributed by atoms with E-state index in [1.165, 1.54) is 5.56 Å². The van der Waals surface area contributed by atoms with Crippen molar-refractivity contribution in [1.82, 2.24) is 10.1 Å². The van der Waals surface area contributed by atoms with Crippen molar-refractivity contribution in [3.05, 3.63) is 77.0 Å². The molecule has 1 amide bonds. The quantitative estimate of drug-likeness (QED) is 0.691. The lowest BCUT2D eigenvalue weighted by Gasteiger charge is -2.17. The third kappa shape index (κ3) is 3.63. The molecule has 4 heteroatoms. The third-order valence-electron chi connectivity index (χ3n) is 4.32. The average molecular weight is 334 g/mol. The number of benzene rings is 2. The second-order valence-corrected chi connectivity index (χ2v) is 6.16. The molecule has 0 saturated carbocycles. The number of rotatable bonds is 5. The van der Waals surface area contributed by atoms with E-state index >= 15 is 0 Å². The first kappa shape index (κ1) is 17.0. The van der Waals surface area contributed by atoms with Crippen molar-refractivity contribution in [3.63, 3.8) is 0 Å². The Morgan fingerprint density at radius 2 is 1.68 bits per heavy atom. The summed E-state index contributed by atoms with van der Waals surface area (Å²) in [7, 11) is 1.80. The standard InChI is InChI=1S/C21H22N2O2/c1-4-16-10-12-17(13-11-16)14-23(3)21(24)19-15(2)25-22-20(19)18-8-6-5-7-9-18/h5-13H,4,14H2,1-3H3. The molecule has 3 aromatic rings. The highest BCUT2D eigenvalue weighted by molar-refractivity contribution is 6.00. The van der Waals surface area contributed by atoms with Crippen LogP contribution in [0.1, 0.15) is 34.2 Å². The Bertz CT molecular complexity index is 851. The van der Waals surface area contributed by atoms with Gasteiger partial charge in [0.15, 0.2) is 0 Å². The lowest BCUT2D eigenvalue weighted by Crippen LogP contribution is -2.27. The van der Waals surface area contributed by atoms with Crippen molar-refractivity contribution in [3.8, 4) is 11.3 Å². The van der Waals surface area contributed by atoms with E-state index in [0.29, 0.717) is 23.6 Å². The smallest absolute Gasteiger partial charge is 0.259 e. The topological polar surface area (TPSA) is 46.3 Å². The Morgan fingerprint density at radius 1 is 1.04 bits per heavy atom. The van der Waals surface area contributed by atoms with Crippen molar-refractivity contribution in [2.45, 2.75) is 26.8 Å². The van der Waals surface area contributed by atoms with Gasteiger partial charge < -0.3 is 9.42 Å². The molecule has 0 saturated heterocycles. The van der Waals surface area contributed by atoms with Crippen LogP contribution in [-0.2, 0) is 13.0 Å². The Balaban J connectivity index is 1.84. The molecule has 4 nitrogen and oxygen atoms in total. The number of carbonyl (C=O) groups excluding carboxylic acids is 1. The molecule has 0 radical (unpaired) electrons. The van der Waals surface area contributed by atoms with Gasteiger partial charge in [0.2, 0.25) is 0 Å². The van der Waals surface area contributed by atoms with Gasteiger partial charge in [-0.15, -0.1) is 0 Å². The molecular weight excluding hydrogens is 312 g/mol. The van der Waals surface area contributed by atoms with Crippen molar-refractivity contribution < 1.29 is 9.32 Å². The van der Waals surface area contributed by atoms with Crippen LogP contribution in [0.5, 0.6) is 0 Å². The second kappa shape index (κ2) is 7.34. The molecule has 0 bridgehead atoms. The van der Waals surface area contributed by atoms with Crippen LogP contribution < -0.4 is 0 Å². The first-order valence-electron chi connectivity index (χ1n) is 8.45. The number of aromatic nitrogens is 1. The molecule has 1 aromatic heterocycles. The van der Waals surface area contributed by atoms with Gasteiger partial charge in [-0.2, -0.15) is 0 Å². The zero-order valence-electron chi connectivity index (χ0n) is 14.8. The van der Waals surface area contributed by atoms with Crippen molar-refractivity contribution in [2.75, 3.05) is 7.05 Å². The first-order chi connectivity index (χ1) is 12.1. The Kier molecular flexibility index (Phi) is 4.98. The van der Waals surface area contributed by atoms with Crippen LogP contribution in [0.2, 0.25) is 0 Å². The van der Waals surface area contributed by atoms with Gasteiger partial charge in [0.25, 0.3) is 5.91 Å². The zero-order chi connectivity index (χ0) is 17.8. The number of hydrogen-bond donors (Lipinski definition) is 0. The van der Waals surface area contributed by atoms with E-state index in [1.807, 2.05) is 30.3 Å². The minimum atomic E-state index is -0.0860. The molecule has 25 heavy (non-hydrogen) atoms. The SMILES string of the molecule is CCc1ccc(CN(C)C(=O)c2c(-c3ccccc3)noc2C)cc1. The van der Waals surface area contributed by atoms with Crippen molar-refractivity contribution >= 4 is 5.91 Å². The molecule has 0 fully saturated rings. The summed E-state index contributed by atoms with van der Waals surface area (Å²) in [6, 6.07) is 18.0. The predicted molar refractivity (Wildman–Crippen MR) is 98.3 cm³/mol. The summed E-state index contributed by atoms with van der Waals surface area (Å²) in [4.78, 5) is 14.7. The monoisotopic (exact) mass is 334 g/mol. The van der Waals surface area contributed by atoms with Gasteiger partial charge in [0, 0.05) is 19.2 Å². The molecule has 2 aromatic carbocycles. The predicted octanol–water partition coefficient (Wildman–Crippen LogP) is 4.48. The second-order valence-electron chi connectivity index (χ2n) is 6.16. The molecule has 0 aliphatic rings. The zero-order valence-corrected chi connectivity index (χ0v) is 14.8. The van der Waals surface area contributed by atoms with Gasteiger partial charge in [0.05, 0.1) is 0 Å². The summed E-state index contributed by atoms with van der Waals surface area (Å²) < 4.78 is 5.30. The van der Waals surface area contributed by atoms with E-state index in [9.17, 15) is 4.79 Å². The number of aryl methyl sites for hydroxylation is 2. The van der Waals surface area contributed by atoms with Crippen LogP contribution in [0.4, 0.5) is 0 Å². The fraction of sp³-hybridized carbons (Fsp3) is 0.238. The van der Waals surface area contributed by atoms with E-state index in [1.54, 1.807) is 18.9 Å². The van der Waals surface area contributed by atoms with Crippen molar-refractivity contribution in [1.29, 1.82) is 0 Å². The molecule has 0 aliphatic carbocycles. The highest BCUT2D eigenvalue weighted by Crippen LogP contribution is 2.26. The lowest BCUT2D eigenvalue weighted by molar-refractivity contribution is 0.0784. The van der Waals surface area contributed by atoms with E-state index in [0.717, 1.165) is 17.5 Å². The fourth-order valence-electron chi connectivity index (χ4n) is 2.83. The molecular formula is C21H22N2O2. The maximum Gasteiger partial charge on any atom is 0.259 e. The molecule has 0 aliphatic heterocycles. The molecule has 0 N–H and O–H groups in total. The van der Waals surface area contributed by atoms with Crippen LogP contribution in [0.15, 0.2) is 59.1 Å². The van der Waals surface area contributed by atoms with Crippen molar-refractivity contribution in [2.24, 2.45) is 0 Å². The normalized spacial score (nSPS) is 10.7. The Labute approximate surface area is 148 Å². The van der Waals surface area contributed by atoms with E-state index in [4.69, 9.17) is 4.52 Å². The summed E-state index contributed by atoms with van der Waals surface area (Å²) in [5.41, 5.74) is 4.39. The van der Waals surface area contributed by atoms with Gasteiger partial charge in [-0.1, -0.05) is 66.7 Å². The fourth-order valence-corrected chi connectivity index (χ4v) is 2.83. The Morgan fingerprint density at radius 3 is 2.32 bits per heavy atom. The van der Waals surface area contributed by atoms with Gasteiger partial charge >= 0.3 is 0 Å². The number of carbonyl (C=O) groups is 1. The van der Waals surface area contributed by atoms with Crippen LogP contribution >= 0.6 is 0 Å². The van der Waals surface area contributed by atoms with E-state index < -0.39 is 0 Å². The Hall–Kier alpha value is -2.88. The summed E-state index contributed by atoms with van der Waals surface area (Å²) >= 11 is 0. The highest BCUT2D eigenvalue weighted by Gasteiger charge is 2.24. The third-order valence-corrected chi connectivity index (χ3v) is 4.32. The summed E-state index contributed by atoms with van der Waals surface area (Å²) in [5.74, 6) is 0.453. The molecule has 0 unspecified atom stereocenters. The van der Waals surface area contributed by atoms with Crippen LogP contribution in [-0.4, -0.2) is 23.0 Å². The summed E-state index contributed by atoms with van der Waals surface area (Å²) in [5, 5.41) is 4.10. The van der Waals surface area contributed by atoms with E-state index in [2.05, 4.69) is 36.3 Å². The minimum Gasteiger partial charge on any atom is -0.360 e. The molecule has 0 atom stereocenters. The average Bonchev–Trinajstić information content (AvgIpc) is 3.04. The first-order valence-corrected chi connectivity index (χ1v) is 8.45. The highest BCUT2D eigenvalue weighted by atomic mass is 16.5. The molecule has 0 spiro atoms. The lowest BCUT2D eigenvalue weighted by atomic mass is 10.0. The van der Waals surface area contributed by atoms with Crippen LogP contribution in [0.25, 0.3) is 11.3 Å². The van der Waals surface area contributed by atoms with Crippen LogP contribution in [0, 0.1) is 6.92 Å². The number of nitrogens with zero attached hydrogens (tertiary/aromatic N) is 2. The maximum absolute atomic E-state index is 13.0. The largest absolute Gasteiger partial charge is 0.360 e. The van der Waals surface area contributed by atoms with Gasteiger partial charge in [-0.3, -0.25) is 4.79 Å². The van der Waals surface area contributed by atoms with Gasteiger partial charge in [0.1, 0.15) is 17.0 Å². The van der Waals surface area contributed by atoms with Crippen LogP contribution in [0.3, 0.4) is 0 Å². The minimum absolute atomic E-state index is 0.0860. The van der Waals surface area contributed by atoms with Gasteiger partial charge in [-0.05, 0) is 24.5 Å². The summed E-state index contributed by atoms with van der Waals surface area (Å²) in [6.07, 6.45) is 1.01. The van der Waals surface area contributed by atoms with Gasteiger partial charge in [-0.25, -0.2) is 0 Å². The molecule has 128 valence electrons. The maximum atomic E-state index is 13.0. The number of amides is 1. The van der Waals surface area contributed by atoms with E-state index in [-0.39, 0.29) is 5.91 Å². The summed E-state index contributed by atoms with van der Waals surface area (Å²) in [6.45, 7) is 4.45. The molecule has 1 heterocycles. The number of hydrogen-bond acceptors (Lipinski definition) is 3. The molecule has 3 rings (SSSR count).